The number of esters is 1. The zero-order valence-corrected chi connectivity index (χ0v) is 42.6. The molecule has 0 spiro atoms. The standard InChI is InChI=1S/C58H93NO10/c1-4-7-10-13-16-19-22-24-25-26-27-28-31-34-37-40-43-46-53(63)69-56-55(65)54(64)52(47-60)68-58(56)67-48-49(50(61)44-41-38-35-32-29-21-18-15-12-9-6-3)59-57(66)51(62)45-42-39-36-33-30-23-20-17-14-11-8-5-2/h7-8,10-11,13-14,16-17,19-20,22-28,31,41,44,49-52,54-56,58,60-62,64-65H,4-6,9,12,15,18,21,29-30,32-40,42-43,45-48H2,1-3H3,(H,59,66)/b10-7-,11-8+,16-13+,17-14+,22-19+,23-20-,25-24-,27-26+,31-28+,44-41+. The molecule has 0 aromatic rings. The second kappa shape index (κ2) is 45.2. The van der Waals surface area contributed by atoms with Gasteiger partial charge in [-0.15, -0.1) is 0 Å². The maximum atomic E-state index is 13.3. The highest BCUT2D eigenvalue weighted by Gasteiger charge is 2.47. The van der Waals surface area contributed by atoms with Crippen LogP contribution < -0.4 is 5.32 Å². The maximum Gasteiger partial charge on any atom is 0.306 e. The van der Waals surface area contributed by atoms with E-state index in [2.05, 4.69) is 50.4 Å². The molecule has 0 aromatic carbocycles. The van der Waals surface area contributed by atoms with Crippen molar-refractivity contribution < 1.29 is 49.3 Å². The number of amides is 1. The lowest BCUT2D eigenvalue weighted by Crippen LogP contribution is -2.61. The number of carbonyl (C=O) groups is 2. The summed E-state index contributed by atoms with van der Waals surface area (Å²) in [6, 6.07) is -1.05. The van der Waals surface area contributed by atoms with Crippen LogP contribution in [0.25, 0.3) is 0 Å². The molecule has 1 fully saturated rings. The molecule has 0 aliphatic carbocycles. The number of hydrogen-bond donors (Lipinski definition) is 6. The van der Waals surface area contributed by atoms with Gasteiger partial charge in [0, 0.05) is 6.42 Å². The summed E-state index contributed by atoms with van der Waals surface area (Å²) in [5.41, 5.74) is 0. The van der Waals surface area contributed by atoms with E-state index in [1.54, 1.807) is 6.08 Å². The van der Waals surface area contributed by atoms with Gasteiger partial charge in [0.05, 0.1) is 25.4 Å². The van der Waals surface area contributed by atoms with Crippen LogP contribution in [0.1, 0.15) is 168 Å². The smallest absolute Gasteiger partial charge is 0.306 e. The minimum absolute atomic E-state index is 0.0619. The van der Waals surface area contributed by atoms with Gasteiger partial charge in [-0.1, -0.05) is 219 Å². The molecule has 8 atom stereocenters. The van der Waals surface area contributed by atoms with Crippen molar-refractivity contribution in [3.8, 4) is 0 Å². The highest BCUT2D eigenvalue weighted by atomic mass is 16.7. The first kappa shape index (κ1) is 63.1. The first-order valence-electron chi connectivity index (χ1n) is 26.4. The zero-order valence-electron chi connectivity index (χ0n) is 42.6. The van der Waals surface area contributed by atoms with Crippen molar-refractivity contribution in [1.82, 2.24) is 5.32 Å². The highest BCUT2D eigenvalue weighted by Crippen LogP contribution is 2.26. The Kier molecular flexibility index (Phi) is 41.3. The molecule has 1 aliphatic heterocycles. The van der Waals surface area contributed by atoms with Gasteiger partial charge in [0.2, 0.25) is 5.91 Å². The van der Waals surface area contributed by atoms with Crippen molar-refractivity contribution >= 4 is 11.9 Å². The minimum Gasteiger partial charge on any atom is -0.454 e. The first-order chi connectivity index (χ1) is 33.7. The lowest BCUT2D eigenvalue weighted by molar-refractivity contribution is -0.305. The molecule has 0 radical (unpaired) electrons. The zero-order chi connectivity index (χ0) is 50.4. The lowest BCUT2D eigenvalue weighted by atomic mass is 9.99. The second-order valence-corrected chi connectivity index (χ2v) is 17.7. The number of nitrogens with one attached hydrogen (secondary N) is 1. The van der Waals surface area contributed by atoms with Gasteiger partial charge in [0.15, 0.2) is 12.4 Å². The first-order valence-corrected chi connectivity index (χ1v) is 26.4. The molecular weight excluding hydrogens is 871 g/mol. The Morgan fingerprint density at radius 1 is 0.580 bits per heavy atom. The molecule has 1 amide bonds. The van der Waals surface area contributed by atoms with Gasteiger partial charge in [-0.25, -0.2) is 0 Å². The Morgan fingerprint density at radius 3 is 1.57 bits per heavy atom. The van der Waals surface area contributed by atoms with Crippen LogP contribution in [0, 0.1) is 0 Å². The lowest BCUT2D eigenvalue weighted by Gasteiger charge is -2.41. The predicted molar refractivity (Wildman–Crippen MR) is 282 cm³/mol. The van der Waals surface area contributed by atoms with E-state index in [1.165, 1.54) is 38.5 Å². The van der Waals surface area contributed by atoms with Crippen LogP contribution in [0.2, 0.25) is 0 Å². The summed E-state index contributed by atoms with van der Waals surface area (Å²) in [6.07, 6.45) is 51.0. The summed E-state index contributed by atoms with van der Waals surface area (Å²) in [4.78, 5) is 26.3. The monoisotopic (exact) mass is 964 g/mol. The Labute approximate surface area is 417 Å². The maximum absolute atomic E-state index is 13.3. The molecule has 11 nitrogen and oxygen atoms in total. The molecule has 0 saturated carbocycles. The fourth-order valence-corrected chi connectivity index (χ4v) is 7.39. The normalized spacial score (nSPS) is 20.8. The van der Waals surface area contributed by atoms with Gasteiger partial charge in [-0.2, -0.15) is 0 Å². The molecule has 0 bridgehead atoms. The van der Waals surface area contributed by atoms with Crippen molar-refractivity contribution in [2.75, 3.05) is 13.2 Å². The van der Waals surface area contributed by atoms with Gasteiger partial charge in [0.1, 0.15) is 24.4 Å². The summed E-state index contributed by atoms with van der Waals surface area (Å²) in [7, 11) is 0. The van der Waals surface area contributed by atoms with Crippen LogP contribution in [0.5, 0.6) is 0 Å². The summed E-state index contributed by atoms with van der Waals surface area (Å²) >= 11 is 0. The third kappa shape index (κ3) is 34.1. The summed E-state index contributed by atoms with van der Waals surface area (Å²) < 4.78 is 17.5. The fourth-order valence-electron chi connectivity index (χ4n) is 7.39. The Bertz CT molecular complexity index is 1570. The number of hydrogen-bond acceptors (Lipinski definition) is 10. The molecule has 0 aromatic heterocycles. The average molecular weight is 964 g/mol. The van der Waals surface area contributed by atoms with E-state index < -0.39 is 67.4 Å². The van der Waals surface area contributed by atoms with E-state index in [0.717, 1.165) is 83.5 Å². The van der Waals surface area contributed by atoms with Crippen LogP contribution in [0.4, 0.5) is 0 Å². The quantitative estimate of drug-likeness (QED) is 0.0150. The van der Waals surface area contributed by atoms with Gasteiger partial charge < -0.3 is 45.1 Å². The number of carbonyl (C=O) groups excluding carboxylic acids is 2. The van der Waals surface area contributed by atoms with E-state index in [4.69, 9.17) is 14.2 Å². The number of ether oxygens (including phenoxy) is 3. The van der Waals surface area contributed by atoms with Gasteiger partial charge >= 0.3 is 5.97 Å². The molecule has 69 heavy (non-hydrogen) atoms. The Morgan fingerprint density at radius 2 is 1.04 bits per heavy atom. The number of aliphatic hydroxyl groups excluding tert-OH is 5. The SMILES string of the molecule is CC\C=C/C=C/C=C/C=C\C=C\C=C\CCCCCC(=O)OC1C(OCC(NC(=O)C(O)CCCCCC\C=C/C=C/C=C/CC)C(O)/C=C/CCCCCCCCCCC)OC(CO)C(O)C1O. The van der Waals surface area contributed by atoms with Crippen molar-refractivity contribution in [3.05, 3.63) is 122 Å². The largest absolute Gasteiger partial charge is 0.454 e. The van der Waals surface area contributed by atoms with Crippen LogP contribution in [-0.4, -0.2) is 99.6 Å². The van der Waals surface area contributed by atoms with Crippen molar-refractivity contribution in [2.45, 2.75) is 217 Å². The van der Waals surface area contributed by atoms with Gasteiger partial charge in [-0.3, -0.25) is 9.59 Å². The Balaban J connectivity index is 2.82. The highest BCUT2D eigenvalue weighted by molar-refractivity contribution is 5.80. The van der Waals surface area contributed by atoms with Gasteiger partial charge in [0.25, 0.3) is 0 Å². The number of aliphatic hydroxyl groups is 5. The van der Waals surface area contributed by atoms with E-state index in [9.17, 15) is 35.1 Å². The van der Waals surface area contributed by atoms with Crippen LogP contribution >= 0.6 is 0 Å². The van der Waals surface area contributed by atoms with Crippen LogP contribution in [0.15, 0.2) is 122 Å². The summed E-state index contributed by atoms with van der Waals surface area (Å²) in [5.74, 6) is -1.28. The van der Waals surface area contributed by atoms with Crippen molar-refractivity contribution in [1.29, 1.82) is 0 Å². The number of rotatable bonds is 41. The molecule has 390 valence electrons. The molecule has 1 saturated heterocycles. The summed E-state index contributed by atoms with van der Waals surface area (Å²) in [5, 5.41) is 56.6. The van der Waals surface area contributed by atoms with E-state index >= 15 is 0 Å². The van der Waals surface area contributed by atoms with Gasteiger partial charge in [-0.05, 0) is 64.2 Å². The van der Waals surface area contributed by atoms with E-state index in [-0.39, 0.29) is 19.4 Å². The predicted octanol–water partition coefficient (Wildman–Crippen LogP) is 11.2. The average Bonchev–Trinajstić information content (AvgIpc) is 3.34. The molecule has 1 rings (SSSR count). The third-order valence-corrected chi connectivity index (χ3v) is 11.6. The van der Waals surface area contributed by atoms with Crippen molar-refractivity contribution in [3.63, 3.8) is 0 Å². The van der Waals surface area contributed by atoms with Crippen molar-refractivity contribution in [2.24, 2.45) is 0 Å². The topological polar surface area (TPSA) is 175 Å². The van der Waals surface area contributed by atoms with Crippen LogP contribution in [-0.2, 0) is 23.8 Å². The molecular formula is C58H93NO10. The molecule has 6 N–H and O–H groups in total. The Hall–Kier alpha value is -3.94. The summed E-state index contributed by atoms with van der Waals surface area (Å²) in [6.45, 7) is 5.41. The molecule has 1 aliphatic rings. The molecule has 1 heterocycles. The number of allylic oxidation sites excluding steroid dienone is 19. The minimum atomic E-state index is -1.64. The van der Waals surface area contributed by atoms with Crippen LogP contribution in [0.3, 0.4) is 0 Å². The molecule has 8 unspecified atom stereocenters. The van der Waals surface area contributed by atoms with E-state index in [1.807, 2.05) is 91.1 Å². The number of unbranched alkanes of at least 4 members (excludes halogenated alkanes) is 16. The third-order valence-electron chi connectivity index (χ3n) is 11.6. The van der Waals surface area contributed by atoms with E-state index in [0.29, 0.717) is 12.8 Å². The second-order valence-electron chi connectivity index (χ2n) is 17.7. The molecule has 11 heteroatoms. The fraction of sp³-hybridized carbons (Fsp3) is 0.621.